The molecule has 1 fully saturated rings. The third-order valence-corrected chi connectivity index (χ3v) is 5.88. The third kappa shape index (κ3) is 2.01. The Balaban J connectivity index is 2.39. The predicted octanol–water partition coefficient (Wildman–Crippen LogP) is 4.70. The lowest BCUT2D eigenvalue weighted by molar-refractivity contribution is 0.0938. The Kier molecular flexibility index (Phi) is 3.52. The van der Waals surface area contributed by atoms with E-state index >= 15 is 0 Å². The first-order chi connectivity index (χ1) is 11.0. The van der Waals surface area contributed by atoms with Crippen LogP contribution >= 0.6 is 0 Å². The smallest absolute Gasteiger partial charge is 0.227 e. The Morgan fingerprint density at radius 2 is 1.67 bits per heavy atom. The second-order valence-corrected chi connectivity index (χ2v) is 8.36. The van der Waals surface area contributed by atoms with E-state index in [-0.39, 0.29) is 28.6 Å². The van der Waals surface area contributed by atoms with Crippen molar-refractivity contribution in [3.05, 3.63) is 34.1 Å². The number of Topliss-reactive ketones (excluding diaryl/α,β-unsaturated/α-hetero) is 1. The van der Waals surface area contributed by atoms with Crippen molar-refractivity contribution in [3.63, 3.8) is 0 Å². The van der Waals surface area contributed by atoms with Crippen molar-refractivity contribution < 1.29 is 20.1 Å². The molecule has 1 aromatic carbocycles. The summed E-state index contributed by atoms with van der Waals surface area (Å²) in [6, 6.07) is 1.64. The standard InChI is InChI=1S/C20H26O4/c1-10(2)11-9-12-13(16(23)14(11)21)20(5)8-6-7-19(3,4)18(20)17(24)15(12)22/h9-10,21,23-24H,6-8H2,1-5H3/t20-/m1/s1. The molecule has 24 heavy (non-hydrogen) atoms. The fraction of sp³-hybridized carbons (Fsp3) is 0.550. The zero-order valence-corrected chi connectivity index (χ0v) is 15.0. The highest BCUT2D eigenvalue weighted by Crippen LogP contribution is 2.59. The van der Waals surface area contributed by atoms with Gasteiger partial charge in [0.25, 0.3) is 0 Å². The van der Waals surface area contributed by atoms with Gasteiger partial charge in [-0.2, -0.15) is 0 Å². The van der Waals surface area contributed by atoms with E-state index < -0.39 is 11.2 Å². The first-order valence-corrected chi connectivity index (χ1v) is 8.60. The van der Waals surface area contributed by atoms with Gasteiger partial charge in [-0.05, 0) is 35.8 Å². The summed E-state index contributed by atoms with van der Waals surface area (Å²) in [4.78, 5) is 12.8. The average molecular weight is 330 g/mol. The number of ketones is 1. The highest BCUT2D eigenvalue weighted by Gasteiger charge is 2.52. The second-order valence-electron chi connectivity index (χ2n) is 8.36. The number of hydrogen-bond donors (Lipinski definition) is 3. The molecule has 0 bridgehead atoms. The molecular weight excluding hydrogens is 304 g/mol. The zero-order chi connectivity index (χ0) is 18.0. The van der Waals surface area contributed by atoms with Crippen molar-refractivity contribution in [2.24, 2.45) is 5.41 Å². The fourth-order valence-corrected chi connectivity index (χ4v) is 4.81. The van der Waals surface area contributed by atoms with Crippen LogP contribution in [0.5, 0.6) is 11.5 Å². The second kappa shape index (κ2) is 5.01. The maximum atomic E-state index is 12.8. The van der Waals surface area contributed by atoms with Gasteiger partial charge in [0, 0.05) is 22.1 Å². The highest BCUT2D eigenvalue weighted by atomic mass is 16.3. The topological polar surface area (TPSA) is 77.8 Å². The Bertz CT molecular complexity index is 770. The molecule has 2 aliphatic rings. The molecule has 0 saturated heterocycles. The van der Waals surface area contributed by atoms with Crippen LogP contribution in [0, 0.1) is 5.41 Å². The molecule has 1 aromatic rings. The number of rotatable bonds is 1. The van der Waals surface area contributed by atoms with Crippen LogP contribution in [0.2, 0.25) is 0 Å². The average Bonchev–Trinajstić information content (AvgIpc) is 2.46. The van der Waals surface area contributed by atoms with Gasteiger partial charge in [0.15, 0.2) is 17.3 Å². The zero-order valence-electron chi connectivity index (χ0n) is 15.0. The van der Waals surface area contributed by atoms with Crippen LogP contribution in [-0.4, -0.2) is 21.1 Å². The quantitative estimate of drug-likeness (QED) is 0.652. The minimum Gasteiger partial charge on any atom is -0.504 e. The van der Waals surface area contributed by atoms with Gasteiger partial charge in [0.05, 0.1) is 0 Å². The molecule has 3 rings (SSSR count). The summed E-state index contributed by atoms with van der Waals surface area (Å²) in [5, 5.41) is 31.9. The molecule has 0 spiro atoms. The van der Waals surface area contributed by atoms with E-state index in [0.717, 1.165) is 19.3 Å². The number of benzene rings is 1. The molecule has 0 unspecified atom stereocenters. The van der Waals surface area contributed by atoms with Crippen LogP contribution in [0.15, 0.2) is 17.4 Å². The SMILES string of the molecule is CC(C)c1cc2c(c(O)c1O)[C@@]1(C)CCCC(C)(C)C1=C(O)C2=O. The van der Waals surface area contributed by atoms with Gasteiger partial charge >= 0.3 is 0 Å². The lowest BCUT2D eigenvalue weighted by Gasteiger charge is -2.49. The molecule has 0 amide bonds. The van der Waals surface area contributed by atoms with Crippen LogP contribution in [0.25, 0.3) is 0 Å². The van der Waals surface area contributed by atoms with Crippen molar-refractivity contribution in [3.8, 4) is 11.5 Å². The molecule has 1 atom stereocenters. The van der Waals surface area contributed by atoms with E-state index in [1.165, 1.54) is 0 Å². The molecule has 4 heteroatoms. The van der Waals surface area contributed by atoms with Crippen molar-refractivity contribution >= 4 is 5.78 Å². The Labute approximate surface area is 142 Å². The summed E-state index contributed by atoms with van der Waals surface area (Å²) < 4.78 is 0. The maximum Gasteiger partial charge on any atom is 0.227 e. The Morgan fingerprint density at radius 3 is 2.25 bits per heavy atom. The third-order valence-electron chi connectivity index (χ3n) is 5.88. The summed E-state index contributed by atoms with van der Waals surface area (Å²) in [7, 11) is 0. The summed E-state index contributed by atoms with van der Waals surface area (Å²) in [5.74, 6) is -1.05. The van der Waals surface area contributed by atoms with Crippen LogP contribution < -0.4 is 0 Å². The van der Waals surface area contributed by atoms with E-state index in [1.807, 2.05) is 34.6 Å². The van der Waals surface area contributed by atoms with E-state index in [1.54, 1.807) is 6.07 Å². The molecular formula is C20H26O4. The molecule has 0 aromatic heterocycles. The van der Waals surface area contributed by atoms with Crippen LogP contribution in [0.1, 0.15) is 81.3 Å². The van der Waals surface area contributed by atoms with Crippen molar-refractivity contribution in [2.45, 2.75) is 65.2 Å². The Hall–Kier alpha value is -1.97. The summed E-state index contributed by atoms with van der Waals surface area (Å²) in [6.45, 7) is 9.78. The van der Waals surface area contributed by atoms with Crippen molar-refractivity contribution in [1.82, 2.24) is 0 Å². The molecule has 2 aliphatic carbocycles. The van der Waals surface area contributed by atoms with Gasteiger partial charge < -0.3 is 15.3 Å². The van der Waals surface area contributed by atoms with Gasteiger partial charge in [0.1, 0.15) is 0 Å². The van der Waals surface area contributed by atoms with Gasteiger partial charge in [-0.3, -0.25) is 4.79 Å². The van der Waals surface area contributed by atoms with Gasteiger partial charge in [-0.25, -0.2) is 0 Å². The molecule has 0 radical (unpaired) electrons. The minimum atomic E-state index is -0.647. The first kappa shape index (κ1) is 16.9. The van der Waals surface area contributed by atoms with Crippen molar-refractivity contribution in [2.75, 3.05) is 0 Å². The van der Waals surface area contributed by atoms with Crippen LogP contribution in [0.3, 0.4) is 0 Å². The summed E-state index contributed by atoms with van der Waals surface area (Å²) in [5.41, 5.74) is 1.01. The van der Waals surface area contributed by atoms with Gasteiger partial charge in [0.2, 0.25) is 5.78 Å². The highest BCUT2D eigenvalue weighted by molar-refractivity contribution is 6.11. The molecule has 0 heterocycles. The van der Waals surface area contributed by atoms with Gasteiger partial charge in [-0.1, -0.05) is 41.0 Å². The number of phenols is 2. The van der Waals surface area contributed by atoms with E-state index in [2.05, 4.69) is 0 Å². The molecule has 3 N–H and O–H groups in total. The Morgan fingerprint density at radius 1 is 1.04 bits per heavy atom. The van der Waals surface area contributed by atoms with E-state index in [4.69, 9.17) is 0 Å². The summed E-state index contributed by atoms with van der Waals surface area (Å²) >= 11 is 0. The molecule has 0 aliphatic heterocycles. The monoisotopic (exact) mass is 330 g/mol. The van der Waals surface area contributed by atoms with Crippen molar-refractivity contribution in [1.29, 1.82) is 0 Å². The number of aliphatic hydroxyl groups excluding tert-OH is 1. The summed E-state index contributed by atoms with van der Waals surface area (Å²) in [6.07, 6.45) is 2.53. The predicted molar refractivity (Wildman–Crippen MR) is 92.8 cm³/mol. The fourth-order valence-electron chi connectivity index (χ4n) is 4.81. The maximum absolute atomic E-state index is 12.8. The molecule has 4 nitrogen and oxygen atoms in total. The number of aromatic hydroxyl groups is 2. The largest absolute Gasteiger partial charge is 0.504 e. The number of carbonyl (C=O) groups excluding carboxylic acids is 1. The first-order valence-electron chi connectivity index (χ1n) is 8.60. The number of allylic oxidation sites excluding steroid dienone is 2. The van der Waals surface area contributed by atoms with E-state index in [0.29, 0.717) is 22.3 Å². The molecule has 130 valence electrons. The van der Waals surface area contributed by atoms with Gasteiger partial charge in [-0.15, -0.1) is 0 Å². The van der Waals surface area contributed by atoms with Crippen LogP contribution in [-0.2, 0) is 5.41 Å². The van der Waals surface area contributed by atoms with Crippen LogP contribution in [0.4, 0.5) is 0 Å². The lowest BCUT2D eigenvalue weighted by Crippen LogP contribution is -2.43. The number of aliphatic hydroxyl groups is 1. The number of phenolic OH excluding ortho intramolecular Hbond substituents is 2. The number of hydrogen-bond acceptors (Lipinski definition) is 4. The lowest BCUT2D eigenvalue weighted by atomic mass is 9.54. The molecule has 1 saturated carbocycles. The minimum absolute atomic E-state index is 0.0443. The number of fused-ring (bicyclic) bond motifs is 3. The van der Waals surface area contributed by atoms with E-state index in [9.17, 15) is 20.1 Å². The number of carbonyl (C=O) groups is 1. The normalized spacial score (nSPS) is 25.7.